The molecule has 2 heterocycles. The van der Waals surface area contributed by atoms with Crippen LogP contribution < -0.4 is 0 Å². The molecule has 5 nitrogen and oxygen atoms in total. The number of likely N-dealkylation sites (tertiary alicyclic amines) is 1. The predicted octanol–water partition coefficient (Wildman–Crippen LogP) is 2.01. The summed E-state index contributed by atoms with van der Waals surface area (Å²) in [6, 6.07) is 11.9. The maximum Gasteiger partial charge on any atom is 0.222 e. The van der Waals surface area contributed by atoms with E-state index in [2.05, 4.69) is 9.97 Å². The second-order valence-electron chi connectivity index (χ2n) is 6.47. The molecule has 126 valence electrons. The van der Waals surface area contributed by atoms with E-state index in [0.717, 1.165) is 12.1 Å². The van der Waals surface area contributed by atoms with Crippen molar-refractivity contribution in [3.63, 3.8) is 0 Å². The number of amides is 1. The lowest BCUT2D eigenvalue weighted by Gasteiger charge is -2.38. The predicted molar refractivity (Wildman–Crippen MR) is 91.3 cm³/mol. The van der Waals surface area contributed by atoms with Gasteiger partial charge < -0.3 is 10.0 Å². The van der Waals surface area contributed by atoms with Gasteiger partial charge in [0, 0.05) is 37.8 Å². The molecule has 0 spiro atoms. The fourth-order valence-corrected chi connectivity index (χ4v) is 3.16. The van der Waals surface area contributed by atoms with Gasteiger partial charge in [-0.3, -0.25) is 4.79 Å². The van der Waals surface area contributed by atoms with E-state index in [9.17, 15) is 9.90 Å². The van der Waals surface area contributed by atoms with Gasteiger partial charge in [-0.1, -0.05) is 30.3 Å². The highest BCUT2D eigenvalue weighted by Crippen LogP contribution is 2.26. The monoisotopic (exact) mass is 325 g/mol. The Morgan fingerprint density at radius 1 is 1.17 bits per heavy atom. The van der Waals surface area contributed by atoms with Crippen molar-refractivity contribution in [3.8, 4) is 0 Å². The van der Waals surface area contributed by atoms with Crippen LogP contribution in [0.3, 0.4) is 0 Å². The molecule has 0 radical (unpaired) electrons. The molecule has 1 fully saturated rings. The second-order valence-corrected chi connectivity index (χ2v) is 6.47. The smallest absolute Gasteiger partial charge is 0.222 e. The standard InChI is InChI=1S/C19H23N3O2/c23-18(7-6-16-4-2-1-3-5-16)22-12-9-19(24,10-13-22)14-17-8-11-20-15-21-17/h1-5,8,11,15,24H,6-7,9-10,12-14H2. The fraction of sp³-hybridized carbons (Fsp3) is 0.421. The summed E-state index contributed by atoms with van der Waals surface area (Å²) in [6.45, 7) is 1.21. The van der Waals surface area contributed by atoms with Crippen molar-refractivity contribution < 1.29 is 9.90 Å². The first-order chi connectivity index (χ1) is 11.6. The molecule has 1 aliphatic heterocycles. The molecule has 24 heavy (non-hydrogen) atoms. The van der Waals surface area contributed by atoms with Crippen molar-refractivity contribution in [2.75, 3.05) is 13.1 Å². The topological polar surface area (TPSA) is 66.3 Å². The largest absolute Gasteiger partial charge is 0.389 e. The lowest BCUT2D eigenvalue weighted by atomic mass is 9.86. The Bertz CT molecular complexity index is 653. The lowest BCUT2D eigenvalue weighted by molar-refractivity contribution is -0.135. The summed E-state index contributed by atoms with van der Waals surface area (Å²) in [6.07, 6.45) is 6.17. The van der Waals surface area contributed by atoms with E-state index in [1.54, 1.807) is 6.20 Å². The minimum absolute atomic E-state index is 0.169. The van der Waals surface area contributed by atoms with Crippen LogP contribution in [0.15, 0.2) is 48.9 Å². The first-order valence-electron chi connectivity index (χ1n) is 8.44. The zero-order valence-electron chi connectivity index (χ0n) is 13.8. The third kappa shape index (κ3) is 4.38. The van der Waals surface area contributed by atoms with Crippen molar-refractivity contribution in [2.45, 2.75) is 37.7 Å². The van der Waals surface area contributed by atoms with E-state index in [0.29, 0.717) is 38.8 Å². The Labute approximate surface area is 142 Å². The molecule has 0 saturated carbocycles. The van der Waals surface area contributed by atoms with Crippen LogP contribution in [-0.4, -0.2) is 44.6 Å². The van der Waals surface area contributed by atoms with E-state index in [4.69, 9.17) is 0 Å². The second kappa shape index (κ2) is 7.53. The van der Waals surface area contributed by atoms with Crippen LogP contribution in [0.4, 0.5) is 0 Å². The minimum Gasteiger partial charge on any atom is -0.389 e. The Morgan fingerprint density at radius 3 is 2.58 bits per heavy atom. The Kier molecular flexibility index (Phi) is 5.20. The van der Waals surface area contributed by atoms with Crippen LogP contribution in [0.1, 0.15) is 30.5 Å². The lowest BCUT2D eigenvalue weighted by Crippen LogP contribution is -2.47. The molecule has 0 atom stereocenters. The average Bonchev–Trinajstić information content (AvgIpc) is 2.62. The molecule has 1 aliphatic rings. The average molecular weight is 325 g/mol. The van der Waals surface area contributed by atoms with Crippen LogP contribution in [0.25, 0.3) is 0 Å². The number of aliphatic hydroxyl groups is 1. The number of benzene rings is 1. The van der Waals surface area contributed by atoms with Gasteiger partial charge in [-0.05, 0) is 30.9 Å². The van der Waals surface area contributed by atoms with Crippen LogP contribution in [0.5, 0.6) is 0 Å². The van der Waals surface area contributed by atoms with Gasteiger partial charge in [0.05, 0.1) is 5.60 Å². The van der Waals surface area contributed by atoms with Crippen molar-refractivity contribution in [2.24, 2.45) is 0 Å². The molecule has 1 saturated heterocycles. The summed E-state index contributed by atoms with van der Waals surface area (Å²) in [7, 11) is 0. The number of rotatable bonds is 5. The van der Waals surface area contributed by atoms with Gasteiger partial charge in [0.25, 0.3) is 0 Å². The molecular weight excluding hydrogens is 302 g/mol. The number of aryl methyl sites for hydroxylation is 1. The molecule has 5 heteroatoms. The maximum absolute atomic E-state index is 12.4. The Balaban J connectivity index is 1.48. The minimum atomic E-state index is -0.773. The van der Waals surface area contributed by atoms with Crippen LogP contribution in [0.2, 0.25) is 0 Å². The van der Waals surface area contributed by atoms with Crippen molar-refractivity contribution in [3.05, 3.63) is 60.2 Å². The number of hydrogen-bond acceptors (Lipinski definition) is 4. The molecule has 1 amide bonds. The summed E-state index contributed by atoms with van der Waals surface area (Å²) in [4.78, 5) is 22.3. The molecule has 2 aromatic rings. The van der Waals surface area contributed by atoms with E-state index in [1.807, 2.05) is 41.3 Å². The van der Waals surface area contributed by atoms with Crippen molar-refractivity contribution >= 4 is 5.91 Å². The highest BCUT2D eigenvalue weighted by Gasteiger charge is 2.34. The number of carbonyl (C=O) groups is 1. The zero-order chi connectivity index (χ0) is 16.8. The summed E-state index contributed by atoms with van der Waals surface area (Å²) >= 11 is 0. The van der Waals surface area contributed by atoms with E-state index >= 15 is 0 Å². The van der Waals surface area contributed by atoms with E-state index in [1.165, 1.54) is 11.9 Å². The molecule has 1 aromatic carbocycles. The molecular formula is C19H23N3O2. The van der Waals surface area contributed by atoms with E-state index < -0.39 is 5.60 Å². The third-order valence-electron chi connectivity index (χ3n) is 4.67. The normalized spacial score (nSPS) is 16.8. The van der Waals surface area contributed by atoms with Crippen molar-refractivity contribution in [1.82, 2.24) is 14.9 Å². The van der Waals surface area contributed by atoms with Gasteiger partial charge >= 0.3 is 0 Å². The van der Waals surface area contributed by atoms with Gasteiger partial charge in [-0.15, -0.1) is 0 Å². The number of aromatic nitrogens is 2. The van der Waals surface area contributed by atoms with Crippen LogP contribution >= 0.6 is 0 Å². The third-order valence-corrected chi connectivity index (χ3v) is 4.67. The first kappa shape index (κ1) is 16.6. The van der Waals surface area contributed by atoms with Crippen molar-refractivity contribution in [1.29, 1.82) is 0 Å². The van der Waals surface area contributed by atoms with Gasteiger partial charge in [0.1, 0.15) is 6.33 Å². The molecule has 0 aliphatic carbocycles. The molecule has 0 bridgehead atoms. The summed E-state index contributed by atoms with van der Waals surface area (Å²) in [5.41, 5.74) is 1.25. The number of piperidine rings is 1. The fourth-order valence-electron chi connectivity index (χ4n) is 3.16. The van der Waals surface area contributed by atoms with Gasteiger partial charge in [0.15, 0.2) is 0 Å². The number of carbonyl (C=O) groups excluding carboxylic acids is 1. The molecule has 1 aromatic heterocycles. The molecule has 0 unspecified atom stereocenters. The van der Waals surface area contributed by atoms with Gasteiger partial charge in [-0.2, -0.15) is 0 Å². The zero-order valence-corrected chi connectivity index (χ0v) is 13.8. The Morgan fingerprint density at radius 2 is 1.92 bits per heavy atom. The summed E-state index contributed by atoms with van der Waals surface area (Å²) in [5, 5.41) is 10.7. The van der Waals surface area contributed by atoms with E-state index in [-0.39, 0.29) is 5.91 Å². The quantitative estimate of drug-likeness (QED) is 0.913. The molecule has 3 rings (SSSR count). The highest BCUT2D eigenvalue weighted by atomic mass is 16.3. The molecule has 1 N–H and O–H groups in total. The maximum atomic E-state index is 12.4. The highest BCUT2D eigenvalue weighted by molar-refractivity contribution is 5.76. The van der Waals surface area contributed by atoms with Gasteiger partial charge in [0.2, 0.25) is 5.91 Å². The first-order valence-corrected chi connectivity index (χ1v) is 8.44. The van der Waals surface area contributed by atoms with Crippen LogP contribution in [0, 0.1) is 0 Å². The van der Waals surface area contributed by atoms with Gasteiger partial charge in [-0.25, -0.2) is 9.97 Å². The number of hydrogen-bond donors (Lipinski definition) is 1. The summed E-state index contributed by atoms with van der Waals surface area (Å²) in [5.74, 6) is 0.169. The summed E-state index contributed by atoms with van der Waals surface area (Å²) < 4.78 is 0. The Hall–Kier alpha value is -2.27. The SMILES string of the molecule is O=C(CCc1ccccc1)N1CCC(O)(Cc2ccncn2)CC1. The number of nitrogens with zero attached hydrogens (tertiary/aromatic N) is 3. The van der Waals surface area contributed by atoms with Crippen LogP contribution in [-0.2, 0) is 17.6 Å².